The smallest absolute Gasteiger partial charge is 0.251 e. The number of fused-ring (bicyclic) bond motifs is 2. The summed E-state index contributed by atoms with van der Waals surface area (Å²) in [4.78, 5) is 29.3. The summed E-state index contributed by atoms with van der Waals surface area (Å²) in [5.74, 6) is 0.512. The number of thiophene rings is 1. The molecule has 0 bridgehead atoms. The highest BCUT2D eigenvalue weighted by Gasteiger charge is 2.26. The second kappa shape index (κ2) is 7.94. The van der Waals surface area contributed by atoms with E-state index >= 15 is 0 Å². The van der Waals surface area contributed by atoms with Crippen molar-refractivity contribution in [2.45, 2.75) is 37.0 Å². The summed E-state index contributed by atoms with van der Waals surface area (Å²) >= 11 is 3.35. The largest absolute Gasteiger partial charge is 0.365 e. The van der Waals surface area contributed by atoms with Crippen LogP contribution in [0.1, 0.15) is 40.1 Å². The fraction of sp³-hybridized carbons (Fsp3) is 0.400. The summed E-state index contributed by atoms with van der Waals surface area (Å²) in [6.07, 6.45) is 5.07. The Kier molecular flexibility index (Phi) is 5.41. The van der Waals surface area contributed by atoms with Crippen molar-refractivity contribution in [2.75, 3.05) is 29.1 Å². The molecule has 27 heavy (non-hydrogen) atoms. The van der Waals surface area contributed by atoms with Crippen molar-refractivity contribution in [2.24, 2.45) is 5.73 Å². The fourth-order valence-corrected chi connectivity index (χ4v) is 6.14. The Morgan fingerprint density at radius 1 is 1.15 bits per heavy atom. The molecule has 5 nitrogen and oxygen atoms in total. The average molecular weight is 402 g/mol. The van der Waals surface area contributed by atoms with Crippen molar-refractivity contribution in [3.8, 4) is 0 Å². The predicted molar refractivity (Wildman–Crippen MR) is 112 cm³/mol. The number of nitrogens with two attached hydrogens (primary N) is 1. The molecule has 7 heteroatoms. The number of para-hydroxylation sites is 1. The minimum absolute atomic E-state index is 0.0993. The van der Waals surface area contributed by atoms with Gasteiger partial charge in [-0.3, -0.25) is 9.59 Å². The molecule has 0 radical (unpaired) electrons. The predicted octanol–water partition coefficient (Wildman–Crippen LogP) is 3.67. The van der Waals surface area contributed by atoms with Crippen LogP contribution in [0.15, 0.2) is 29.2 Å². The van der Waals surface area contributed by atoms with Crippen molar-refractivity contribution < 1.29 is 9.59 Å². The van der Waals surface area contributed by atoms with Crippen LogP contribution in [0.4, 0.5) is 10.7 Å². The van der Waals surface area contributed by atoms with E-state index in [-0.39, 0.29) is 12.5 Å². The van der Waals surface area contributed by atoms with Gasteiger partial charge in [0, 0.05) is 16.3 Å². The van der Waals surface area contributed by atoms with Gasteiger partial charge in [-0.25, -0.2) is 0 Å². The fourth-order valence-electron chi connectivity index (χ4n) is 3.82. The third kappa shape index (κ3) is 3.84. The number of nitrogens with one attached hydrogen (secondary N) is 1. The molecule has 2 amide bonds. The van der Waals surface area contributed by atoms with Gasteiger partial charge in [-0.05, 0) is 55.6 Å². The number of carbonyl (C=O) groups excluding carboxylic acids is 2. The van der Waals surface area contributed by atoms with Crippen LogP contribution in [0.5, 0.6) is 0 Å². The molecule has 0 spiro atoms. The summed E-state index contributed by atoms with van der Waals surface area (Å²) in [5.41, 5.74) is 8.31. The van der Waals surface area contributed by atoms with Gasteiger partial charge in [-0.2, -0.15) is 0 Å². The topological polar surface area (TPSA) is 75.4 Å². The van der Waals surface area contributed by atoms with E-state index in [9.17, 15) is 9.59 Å². The van der Waals surface area contributed by atoms with E-state index in [1.54, 1.807) is 0 Å². The van der Waals surface area contributed by atoms with Gasteiger partial charge in [-0.15, -0.1) is 23.1 Å². The first kappa shape index (κ1) is 18.4. The second-order valence-corrected chi connectivity index (χ2v) is 9.16. The second-order valence-electron chi connectivity index (χ2n) is 6.92. The zero-order chi connectivity index (χ0) is 18.8. The van der Waals surface area contributed by atoms with E-state index in [1.807, 2.05) is 23.9 Å². The van der Waals surface area contributed by atoms with Crippen LogP contribution < -0.4 is 16.0 Å². The highest BCUT2D eigenvalue weighted by molar-refractivity contribution is 7.99. The number of nitrogens with zero attached hydrogens (tertiary/aromatic N) is 1. The Bertz CT molecular complexity index is 878. The average Bonchev–Trinajstić information content (AvgIpc) is 2.90. The van der Waals surface area contributed by atoms with E-state index in [1.165, 1.54) is 21.1 Å². The molecule has 1 aromatic carbocycles. The number of benzene rings is 1. The standard InChI is InChI=1S/C20H23N3O2S2/c21-19(25)18-13-6-1-3-8-15(13)27-20(18)22-17(24)12-23-10-5-11-26-16-9-4-2-7-14(16)23/h2,4,7,9H,1,3,5-6,8,10-12H2,(H2,21,25)(H,22,24). The number of rotatable bonds is 4. The van der Waals surface area contributed by atoms with E-state index in [4.69, 9.17) is 5.73 Å². The normalized spacial score (nSPS) is 16.2. The highest BCUT2D eigenvalue weighted by atomic mass is 32.2. The number of hydrogen-bond donors (Lipinski definition) is 2. The molecule has 2 aliphatic rings. The van der Waals surface area contributed by atoms with Crippen LogP contribution in [0.25, 0.3) is 0 Å². The van der Waals surface area contributed by atoms with Gasteiger partial charge in [0.05, 0.1) is 17.8 Å². The lowest BCUT2D eigenvalue weighted by Gasteiger charge is -2.23. The SMILES string of the molecule is NC(=O)c1c(NC(=O)CN2CCCSc3ccccc32)sc2c1CCCC2. The first-order valence-electron chi connectivity index (χ1n) is 9.34. The van der Waals surface area contributed by atoms with E-state index in [2.05, 4.69) is 22.3 Å². The van der Waals surface area contributed by atoms with Crippen LogP contribution in [0.2, 0.25) is 0 Å². The van der Waals surface area contributed by atoms with Crippen LogP contribution >= 0.6 is 23.1 Å². The number of carbonyl (C=O) groups is 2. The van der Waals surface area contributed by atoms with Crippen molar-refractivity contribution in [3.63, 3.8) is 0 Å². The van der Waals surface area contributed by atoms with Gasteiger partial charge in [0.1, 0.15) is 5.00 Å². The molecule has 3 N–H and O–H groups in total. The number of thioether (sulfide) groups is 1. The molecule has 1 aliphatic heterocycles. The molecule has 2 aromatic rings. The van der Waals surface area contributed by atoms with Gasteiger partial charge in [0.2, 0.25) is 5.91 Å². The van der Waals surface area contributed by atoms with Crippen LogP contribution in [-0.2, 0) is 17.6 Å². The van der Waals surface area contributed by atoms with E-state index in [0.29, 0.717) is 10.6 Å². The maximum Gasteiger partial charge on any atom is 0.251 e. The molecular formula is C20H23N3O2S2. The molecule has 2 heterocycles. The summed E-state index contributed by atoms with van der Waals surface area (Å²) in [5, 5.41) is 3.60. The quantitative estimate of drug-likeness (QED) is 0.820. The molecule has 0 atom stereocenters. The molecular weight excluding hydrogens is 378 g/mol. The molecule has 0 unspecified atom stereocenters. The molecule has 0 fully saturated rings. The summed E-state index contributed by atoms with van der Waals surface area (Å²) < 4.78 is 0. The Hall–Kier alpha value is -1.99. The number of aryl methyl sites for hydroxylation is 1. The Morgan fingerprint density at radius 3 is 2.81 bits per heavy atom. The van der Waals surface area contributed by atoms with Gasteiger partial charge >= 0.3 is 0 Å². The van der Waals surface area contributed by atoms with Crippen molar-refractivity contribution in [1.29, 1.82) is 0 Å². The lowest BCUT2D eigenvalue weighted by molar-refractivity contribution is -0.115. The van der Waals surface area contributed by atoms with Crippen molar-refractivity contribution in [3.05, 3.63) is 40.3 Å². The zero-order valence-electron chi connectivity index (χ0n) is 15.1. The molecule has 1 aromatic heterocycles. The highest BCUT2D eigenvalue weighted by Crippen LogP contribution is 2.38. The zero-order valence-corrected chi connectivity index (χ0v) is 16.8. The molecule has 0 saturated carbocycles. The van der Waals surface area contributed by atoms with Gasteiger partial charge in [0.15, 0.2) is 0 Å². The lowest BCUT2D eigenvalue weighted by Crippen LogP contribution is -2.34. The molecule has 1 aliphatic carbocycles. The summed E-state index contributed by atoms with van der Waals surface area (Å²) in [7, 11) is 0. The lowest BCUT2D eigenvalue weighted by atomic mass is 9.95. The third-order valence-electron chi connectivity index (χ3n) is 5.04. The Labute approximate surface area is 167 Å². The maximum atomic E-state index is 12.8. The minimum atomic E-state index is -0.443. The molecule has 0 saturated heterocycles. The van der Waals surface area contributed by atoms with Gasteiger partial charge in [0.25, 0.3) is 5.91 Å². The maximum absolute atomic E-state index is 12.8. The first-order chi connectivity index (χ1) is 13.1. The monoisotopic (exact) mass is 401 g/mol. The summed E-state index contributed by atoms with van der Waals surface area (Å²) in [6.45, 7) is 1.12. The van der Waals surface area contributed by atoms with Crippen LogP contribution in [-0.4, -0.2) is 30.7 Å². The van der Waals surface area contributed by atoms with Crippen molar-refractivity contribution >= 4 is 45.6 Å². The summed E-state index contributed by atoms with van der Waals surface area (Å²) in [6, 6.07) is 8.22. The number of primary amides is 1. The Morgan fingerprint density at radius 2 is 1.96 bits per heavy atom. The minimum Gasteiger partial charge on any atom is -0.365 e. The van der Waals surface area contributed by atoms with Crippen LogP contribution in [0.3, 0.4) is 0 Å². The Balaban J connectivity index is 1.54. The first-order valence-corrected chi connectivity index (χ1v) is 11.1. The van der Waals surface area contributed by atoms with Gasteiger partial charge in [-0.1, -0.05) is 12.1 Å². The number of hydrogen-bond acceptors (Lipinski definition) is 5. The molecule has 4 rings (SSSR count). The van der Waals surface area contributed by atoms with Gasteiger partial charge < -0.3 is 16.0 Å². The molecule has 142 valence electrons. The number of anilines is 2. The van der Waals surface area contributed by atoms with E-state index < -0.39 is 5.91 Å². The number of amides is 2. The van der Waals surface area contributed by atoms with Crippen molar-refractivity contribution in [1.82, 2.24) is 0 Å². The van der Waals surface area contributed by atoms with Crippen LogP contribution in [0, 0.1) is 0 Å². The third-order valence-corrected chi connectivity index (χ3v) is 7.40. The van der Waals surface area contributed by atoms with E-state index in [0.717, 1.165) is 55.7 Å².